The molecule has 0 spiro atoms. The van der Waals surface area contributed by atoms with E-state index in [1.165, 1.54) is 18.2 Å². The average Bonchev–Trinajstić information content (AvgIpc) is 3.45. The first kappa shape index (κ1) is 19.4. The molecule has 8 heteroatoms. The van der Waals surface area contributed by atoms with Gasteiger partial charge >= 0.3 is 6.29 Å². The fraction of sp³-hybridized carbons (Fsp3) is 0.261. The van der Waals surface area contributed by atoms with Crippen LogP contribution in [0.15, 0.2) is 53.5 Å². The van der Waals surface area contributed by atoms with Crippen molar-refractivity contribution in [3.8, 4) is 22.8 Å². The van der Waals surface area contributed by atoms with E-state index in [0.29, 0.717) is 35.4 Å². The van der Waals surface area contributed by atoms with Gasteiger partial charge in [0.15, 0.2) is 11.5 Å². The quantitative estimate of drug-likeness (QED) is 0.672. The molecule has 0 atom stereocenters. The number of ether oxygens (including phenoxy) is 2. The van der Waals surface area contributed by atoms with E-state index < -0.39 is 11.7 Å². The van der Waals surface area contributed by atoms with Crippen molar-refractivity contribution in [2.75, 3.05) is 0 Å². The lowest BCUT2D eigenvalue weighted by molar-refractivity contribution is -0.286. The van der Waals surface area contributed by atoms with Gasteiger partial charge in [0.1, 0.15) is 5.78 Å². The van der Waals surface area contributed by atoms with E-state index in [4.69, 9.17) is 0 Å². The Hall–Kier alpha value is -3.55. The Balaban J connectivity index is 1.42. The van der Waals surface area contributed by atoms with Gasteiger partial charge in [-0.15, -0.1) is 8.78 Å². The monoisotopic (exact) mass is 424 g/mol. The number of ketones is 1. The van der Waals surface area contributed by atoms with Gasteiger partial charge in [-0.25, -0.2) is 0 Å². The SMILES string of the molecule is Cc1cc(CC(=O)C2(c3ccc4c(c3)OC(F)(F)O4)CC2)nc(-c2cc[nH]c(=O)c2)c1. The van der Waals surface area contributed by atoms with Crippen LogP contribution < -0.4 is 15.0 Å². The van der Waals surface area contributed by atoms with Gasteiger partial charge in [0.25, 0.3) is 0 Å². The number of benzene rings is 1. The molecule has 2 aromatic heterocycles. The van der Waals surface area contributed by atoms with Crippen LogP contribution in [-0.2, 0) is 16.6 Å². The van der Waals surface area contributed by atoms with Crippen molar-refractivity contribution >= 4 is 5.78 Å². The number of fused-ring (bicyclic) bond motifs is 1. The Morgan fingerprint density at radius 2 is 1.87 bits per heavy atom. The van der Waals surface area contributed by atoms with Gasteiger partial charge in [-0.05, 0) is 61.2 Å². The Morgan fingerprint density at radius 1 is 1.10 bits per heavy atom. The molecule has 3 heterocycles. The van der Waals surface area contributed by atoms with Gasteiger partial charge in [0, 0.05) is 29.9 Å². The molecule has 0 unspecified atom stereocenters. The fourth-order valence-corrected chi connectivity index (χ4v) is 4.02. The average molecular weight is 424 g/mol. The van der Waals surface area contributed by atoms with Gasteiger partial charge in [0.2, 0.25) is 5.56 Å². The van der Waals surface area contributed by atoms with Crippen LogP contribution in [0, 0.1) is 6.92 Å². The van der Waals surface area contributed by atoms with Crippen LogP contribution in [0.4, 0.5) is 8.78 Å². The zero-order chi connectivity index (χ0) is 21.8. The largest absolute Gasteiger partial charge is 0.586 e. The lowest BCUT2D eigenvalue weighted by Gasteiger charge is -2.15. The van der Waals surface area contributed by atoms with Crippen molar-refractivity contribution in [3.63, 3.8) is 0 Å². The van der Waals surface area contributed by atoms with E-state index in [1.807, 2.05) is 19.1 Å². The number of nitrogens with zero attached hydrogens (tertiary/aromatic N) is 1. The summed E-state index contributed by atoms with van der Waals surface area (Å²) in [7, 11) is 0. The number of hydrogen-bond donors (Lipinski definition) is 1. The zero-order valence-corrected chi connectivity index (χ0v) is 16.6. The van der Waals surface area contributed by atoms with Crippen LogP contribution in [0.25, 0.3) is 11.3 Å². The number of aromatic amines is 1. The maximum Gasteiger partial charge on any atom is 0.586 e. The minimum atomic E-state index is -3.69. The highest BCUT2D eigenvalue weighted by Crippen LogP contribution is 2.52. The summed E-state index contributed by atoms with van der Waals surface area (Å²) in [6, 6.07) is 11.4. The van der Waals surface area contributed by atoms with Crippen molar-refractivity contribution in [2.24, 2.45) is 0 Å². The highest BCUT2D eigenvalue weighted by atomic mass is 19.3. The topological polar surface area (TPSA) is 81.3 Å². The number of aromatic nitrogens is 2. The minimum absolute atomic E-state index is 0.0342. The number of pyridine rings is 2. The zero-order valence-electron chi connectivity index (χ0n) is 16.6. The van der Waals surface area contributed by atoms with Gasteiger partial charge in [-0.3, -0.25) is 14.6 Å². The Labute approximate surface area is 175 Å². The predicted molar refractivity (Wildman–Crippen MR) is 107 cm³/mol. The molecule has 0 bridgehead atoms. The molecular formula is C23H18F2N2O4. The molecule has 0 amide bonds. The maximum absolute atomic E-state index is 13.3. The molecule has 158 valence electrons. The van der Waals surface area contributed by atoms with E-state index in [2.05, 4.69) is 19.4 Å². The standard InChI is InChI=1S/C23H18F2N2O4/c1-13-8-16(27-17(9-13)14-4-7-26-21(29)10-14)12-20(28)22(5-6-22)15-2-3-18-19(11-15)31-23(24,25)30-18/h2-4,7-11H,5-6,12H2,1H3,(H,26,29). The molecule has 1 aliphatic carbocycles. The van der Waals surface area contributed by atoms with Gasteiger partial charge in [0.05, 0.1) is 11.1 Å². The van der Waals surface area contributed by atoms with Gasteiger partial charge in [-0.1, -0.05) is 6.07 Å². The normalized spacial score (nSPS) is 17.4. The van der Waals surface area contributed by atoms with Crippen LogP contribution >= 0.6 is 0 Å². The van der Waals surface area contributed by atoms with E-state index in [9.17, 15) is 18.4 Å². The fourth-order valence-electron chi connectivity index (χ4n) is 4.02. The van der Waals surface area contributed by atoms with Gasteiger partial charge in [-0.2, -0.15) is 0 Å². The molecule has 3 aromatic rings. The molecule has 1 aromatic carbocycles. The molecule has 0 saturated heterocycles. The summed E-state index contributed by atoms with van der Waals surface area (Å²) in [6.45, 7) is 1.90. The molecule has 2 aliphatic rings. The second-order valence-electron chi connectivity index (χ2n) is 7.97. The third-order valence-corrected chi connectivity index (χ3v) is 5.67. The summed E-state index contributed by atoms with van der Waals surface area (Å²) in [6.07, 6.45) is -0.775. The number of rotatable bonds is 5. The summed E-state index contributed by atoms with van der Waals surface area (Å²) in [5.74, 6) is -0.139. The third kappa shape index (κ3) is 3.58. The van der Waals surface area contributed by atoms with Crippen molar-refractivity contribution in [2.45, 2.75) is 37.9 Å². The highest BCUT2D eigenvalue weighted by Gasteiger charge is 2.52. The first-order valence-corrected chi connectivity index (χ1v) is 9.84. The van der Waals surface area contributed by atoms with Crippen molar-refractivity contribution in [3.05, 3.63) is 75.8 Å². The molecule has 31 heavy (non-hydrogen) atoms. The van der Waals surface area contributed by atoms with E-state index in [-0.39, 0.29) is 29.3 Å². The number of Topliss-reactive ketones (excluding diaryl/α,β-unsaturated/α-hetero) is 1. The number of carbonyl (C=O) groups excluding carboxylic acids is 1. The summed E-state index contributed by atoms with van der Waals surface area (Å²) in [5.41, 5.74) is 2.47. The van der Waals surface area contributed by atoms with Crippen LogP contribution in [-0.4, -0.2) is 22.0 Å². The van der Waals surface area contributed by atoms with Crippen LogP contribution in [0.2, 0.25) is 0 Å². The lowest BCUT2D eigenvalue weighted by atomic mass is 9.88. The molecule has 1 aliphatic heterocycles. The number of alkyl halides is 2. The molecule has 0 radical (unpaired) electrons. The number of aryl methyl sites for hydroxylation is 1. The van der Waals surface area contributed by atoms with Crippen LogP contribution in [0.1, 0.15) is 29.7 Å². The summed E-state index contributed by atoms with van der Waals surface area (Å²) in [5, 5.41) is 0. The summed E-state index contributed by atoms with van der Waals surface area (Å²) < 4.78 is 35.6. The number of halogens is 2. The van der Waals surface area contributed by atoms with Crippen molar-refractivity contribution in [1.29, 1.82) is 0 Å². The second-order valence-corrected chi connectivity index (χ2v) is 7.97. The minimum Gasteiger partial charge on any atom is -0.395 e. The molecule has 1 N–H and O–H groups in total. The molecule has 1 fully saturated rings. The Bertz CT molecular complexity index is 1260. The lowest BCUT2D eigenvalue weighted by Crippen LogP contribution is -2.26. The maximum atomic E-state index is 13.3. The second kappa shape index (κ2) is 6.73. The smallest absolute Gasteiger partial charge is 0.395 e. The predicted octanol–water partition coefficient (Wildman–Crippen LogP) is 3.91. The molecule has 5 rings (SSSR count). The third-order valence-electron chi connectivity index (χ3n) is 5.67. The van der Waals surface area contributed by atoms with Crippen molar-refractivity contribution < 1.29 is 23.0 Å². The highest BCUT2D eigenvalue weighted by molar-refractivity contribution is 5.94. The number of hydrogen-bond acceptors (Lipinski definition) is 5. The molecular weight excluding hydrogens is 406 g/mol. The molecule has 6 nitrogen and oxygen atoms in total. The van der Waals surface area contributed by atoms with Crippen LogP contribution in [0.3, 0.4) is 0 Å². The number of nitrogens with one attached hydrogen (secondary N) is 1. The Morgan fingerprint density at radius 3 is 2.61 bits per heavy atom. The number of H-pyrrole nitrogens is 1. The van der Waals surface area contributed by atoms with Crippen molar-refractivity contribution in [1.82, 2.24) is 9.97 Å². The first-order chi connectivity index (χ1) is 14.7. The van der Waals surface area contributed by atoms with Gasteiger partial charge < -0.3 is 14.5 Å². The van der Waals surface area contributed by atoms with E-state index in [0.717, 1.165) is 5.56 Å². The van der Waals surface area contributed by atoms with E-state index >= 15 is 0 Å². The number of carbonyl (C=O) groups is 1. The van der Waals surface area contributed by atoms with E-state index in [1.54, 1.807) is 18.3 Å². The Kier molecular flexibility index (Phi) is 4.22. The van der Waals surface area contributed by atoms with Crippen LogP contribution in [0.5, 0.6) is 11.5 Å². The first-order valence-electron chi connectivity index (χ1n) is 9.84. The summed E-state index contributed by atoms with van der Waals surface area (Å²) in [4.78, 5) is 32.0. The molecule has 1 saturated carbocycles. The summed E-state index contributed by atoms with van der Waals surface area (Å²) >= 11 is 0.